The molecule has 1 amide bonds. The fourth-order valence-corrected chi connectivity index (χ4v) is 3.94. The SMILES string of the molecule is COc1ccc(-c2ccc(N3CCN(C(=O)c4cc([N+](=O)[O-])ccc4Cl)CC3)nn2)cc1OC. The van der Waals surface area contributed by atoms with Crippen LogP contribution in [-0.2, 0) is 0 Å². The van der Waals surface area contributed by atoms with E-state index in [1.54, 1.807) is 19.1 Å². The van der Waals surface area contributed by atoms with Gasteiger partial charge >= 0.3 is 0 Å². The summed E-state index contributed by atoms with van der Waals surface area (Å²) in [6.45, 7) is 1.94. The first-order valence-electron chi connectivity index (χ1n) is 10.5. The van der Waals surface area contributed by atoms with Gasteiger partial charge in [-0.2, -0.15) is 0 Å². The van der Waals surface area contributed by atoms with E-state index < -0.39 is 4.92 Å². The van der Waals surface area contributed by atoms with Crippen LogP contribution in [0.15, 0.2) is 48.5 Å². The first-order valence-corrected chi connectivity index (χ1v) is 10.8. The average Bonchev–Trinajstić information content (AvgIpc) is 2.88. The highest BCUT2D eigenvalue weighted by Crippen LogP contribution is 2.32. The highest BCUT2D eigenvalue weighted by Gasteiger charge is 2.26. The Balaban J connectivity index is 1.42. The number of piperazine rings is 1. The summed E-state index contributed by atoms with van der Waals surface area (Å²) >= 11 is 6.13. The van der Waals surface area contributed by atoms with Crippen molar-refractivity contribution >= 4 is 29.0 Å². The van der Waals surface area contributed by atoms with Crippen molar-refractivity contribution in [3.63, 3.8) is 0 Å². The van der Waals surface area contributed by atoms with E-state index >= 15 is 0 Å². The topological polar surface area (TPSA) is 111 Å². The molecule has 3 aromatic rings. The Hall–Kier alpha value is -3.92. The van der Waals surface area contributed by atoms with Gasteiger partial charge in [0.1, 0.15) is 0 Å². The second-order valence-corrected chi connectivity index (χ2v) is 7.95. The molecule has 4 rings (SSSR count). The molecule has 1 aromatic heterocycles. The molecular formula is C23H22ClN5O5. The third kappa shape index (κ3) is 4.72. The van der Waals surface area contributed by atoms with Crippen LogP contribution in [0.3, 0.4) is 0 Å². The molecule has 1 aliphatic rings. The number of carbonyl (C=O) groups is 1. The summed E-state index contributed by atoms with van der Waals surface area (Å²) in [6.07, 6.45) is 0. The van der Waals surface area contributed by atoms with Gasteiger partial charge in [-0.1, -0.05) is 11.6 Å². The Bertz CT molecular complexity index is 1210. The second kappa shape index (κ2) is 9.92. The number of nitrogens with zero attached hydrogens (tertiary/aromatic N) is 5. The van der Waals surface area contributed by atoms with E-state index in [2.05, 4.69) is 10.2 Å². The molecule has 0 atom stereocenters. The molecule has 2 heterocycles. The molecule has 1 fully saturated rings. The zero-order valence-corrected chi connectivity index (χ0v) is 19.4. The number of methoxy groups -OCH3 is 2. The van der Waals surface area contributed by atoms with E-state index in [1.807, 2.05) is 35.2 Å². The van der Waals surface area contributed by atoms with Gasteiger partial charge in [0.25, 0.3) is 11.6 Å². The standard InChI is InChI=1S/C23H22ClN5O5/c1-33-20-7-3-15(13-21(20)34-2)19-6-8-22(26-25-19)27-9-11-28(12-10-27)23(30)17-14-16(29(31)32)4-5-18(17)24/h3-8,13-14H,9-12H2,1-2H3. The van der Waals surface area contributed by atoms with E-state index in [4.69, 9.17) is 21.1 Å². The van der Waals surface area contributed by atoms with Gasteiger partial charge in [-0.15, -0.1) is 10.2 Å². The number of nitro groups is 1. The Morgan fingerprint density at radius 1 is 0.971 bits per heavy atom. The lowest BCUT2D eigenvalue weighted by Gasteiger charge is -2.35. The summed E-state index contributed by atoms with van der Waals surface area (Å²) in [5, 5.41) is 19.9. The van der Waals surface area contributed by atoms with Crippen molar-refractivity contribution in [1.29, 1.82) is 0 Å². The predicted molar refractivity (Wildman–Crippen MR) is 127 cm³/mol. The van der Waals surface area contributed by atoms with Crippen LogP contribution in [0.4, 0.5) is 11.5 Å². The van der Waals surface area contributed by atoms with Crippen molar-refractivity contribution in [1.82, 2.24) is 15.1 Å². The third-order valence-corrected chi connectivity index (χ3v) is 5.94. The minimum Gasteiger partial charge on any atom is -0.493 e. The number of nitro benzene ring substituents is 1. The van der Waals surface area contributed by atoms with Crippen LogP contribution in [0, 0.1) is 10.1 Å². The van der Waals surface area contributed by atoms with Gasteiger partial charge in [-0.3, -0.25) is 14.9 Å². The van der Waals surface area contributed by atoms with Crippen LogP contribution < -0.4 is 14.4 Å². The summed E-state index contributed by atoms with van der Waals surface area (Å²) in [6, 6.07) is 13.2. The number of non-ortho nitro benzene ring substituents is 1. The number of aromatic nitrogens is 2. The summed E-state index contributed by atoms with van der Waals surface area (Å²) in [5.41, 5.74) is 1.50. The van der Waals surface area contributed by atoms with Crippen LogP contribution in [0.5, 0.6) is 11.5 Å². The first kappa shape index (κ1) is 23.2. The number of carbonyl (C=O) groups excluding carboxylic acids is 1. The molecule has 34 heavy (non-hydrogen) atoms. The summed E-state index contributed by atoms with van der Waals surface area (Å²) in [4.78, 5) is 27.1. The molecule has 2 aromatic carbocycles. The number of ether oxygens (including phenoxy) is 2. The van der Waals surface area contributed by atoms with Crippen LogP contribution in [0.1, 0.15) is 10.4 Å². The largest absolute Gasteiger partial charge is 0.493 e. The minimum atomic E-state index is -0.546. The average molecular weight is 484 g/mol. The molecule has 0 bridgehead atoms. The van der Waals surface area contributed by atoms with Crippen molar-refractivity contribution < 1.29 is 19.2 Å². The molecule has 176 valence electrons. The fourth-order valence-electron chi connectivity index (χ4n) is 3.74. The van der Waals surface area contributed by atoms with Crippen LogP contribution in [-0.4, -0.2) is 66.3 Å². The van der Waals surface area contributed by atoms with Crippen LogP contribution in [0.2, 0.25) is 5.02 Å². The number of rotatable bonds is 6. The maximum atomic E-state index is 12.9. The van der Waals surface area contributed by atoms with Crippen molar-refractivity contribution in [2.45, 2.75) is 0 Å². The summed E-state index contributed by atoms with van der Waals surface area (Å²) < 4.78 is 10.6. The van der Waals surface area contributed by atoms with Crippen molar-refractivity contribution in [2.24, 2.45) is 0 Å². The van der Waals surface area contributed by atoms with E-state index in [9.17, 15) is 14.9 Å². The quantitative estimate of drug-likeness (QED) is 0.385. The number of anilines is 1. The zero-order valence-electron chi connectivity index (χ0n) is 18.6. The van der Waals surface area contributed by atoms with Gasteiger partial charge in [-0.05, 0) is 36.4 Å². The molecule has 0 spiro atoms. The van der Waals surface area contributed by atoms with Crippen molar-refractivity contribution in [3.8, 4) is 22.8 Å². The number of amides is 1. The van der Waals surface area contributed by atoms with Crippen LogP contribution >= 0.6 is 11.6 Å². The second-order valence-electron chi connectivity index (χ2n) is 7.55. The smallest absolute Gasteiger partial charge is 0.270 e. The molecule has 1 aliphatic heterocycles. The van der Waals surface area contributed by atoms with E-state index in [0.29, 0.717) is 49.2 Å². The Morgan fingerprint density at radius 3 is 2.32 bits per heavy atom. The molecular weight excluding hydrogens is 462 g/mol. The molecule has 0 N–H and O–H groups in total. The zero-order chi connectivity index (χ0) is 24.2. The lowest BCUT2D eigenvalue weighted by atomic mass is 10.1. The molecule has 0 radical (unpaired) electrons. The Morgan fingerprint density at radius 2 is 1.71 bits per heavy atom. The molecule has 11 heteroatoms. The van der Waals surface area contributed by atoms with Gasteiger partial charge in [0.2, 0.25) is 0 Å². The number of hydrogen-bond donors (Lipinski definition) is 0. The van der Waals surface area contributed by atoms with Gasteiger partial charge in [0.15, 0.2) is 17.3 Å². The Kier molecular flexibility index (Phi) is 6.78. The van der Waals surface area contributed by atoms with Gasteiger partial charge in [0.05, 0.1) is 35.4 Å². The molecule has 1 saturated heterocycles. The molecule has 0 unspecified atom stereocenters. The Labute approximate surface area is 200 Å². The van der Waals surface area contributed by atoms with Gasteiger partial charge < -0.3 is 19.3 Å². The van der Waals surface area contributed by atoms with E-state index in [1.165, 1.54) is 18.2 Å². The normalized spacial score (nSPS) is 13.5. The minimum absolute atomic E-state index is 0.128. The summed E-state index contributed by atoms with van der Waals surface area (Å²) in [7, 11) is 3.16. The lowest BCUT2D eigenvalue weighted by Crippen LogP contribution is -2.49. The predicted octanol–water partition coefficient (Wildman–Crippen LogP) is 3.68. The maximum absolute atomic E-state index is 12.9. The highest BCUT2D eigenvalue weighted by atomic mass is 35.5. The van der Waals surface area contributed by atoms with Gasteiger partial charge in [-0.25, -0.2) is 0 Å². The third-order valence-electron chi connectivity index (χ3n) is 5.61. The van der Waals surface area contributed by atoms with Crippen LogP contribution in [0.25, 0.3) is 11.3 Å². The number of benzene rings is 2. The lowest BCUT2D eigenvalue weighted by molar-refractivity contribution is -0.384. The number of hydrogen-bond acceptors (Lipinski definition) is 8. The van der Waals surface area contributed by atoms with Crippen molar-refractivity contribution in [3.05, 3.63) is 69.2 Å². The highest BCUT2D eigenvalue weighted by molar-refractivity contribution is 6.33. The maximum Gasteiger partial charge on any atom is 0.270 e. The molecule has 10 nitrogen and oxygen atoms in total. The molecule has 0 aliphatic carbocycles. The number of halogens is 1. The van der Waals surface area contributed by atoms with E-state index in [-0.39, 0.29) is 22.2 Å². The fraction of sp³-hybridized carbons (Fsp3) is 0.261. The van der Waals surface area contributed by atoms with E-state index in [0.717, 1.165) is 5.56 Å². The molecule has 0 saturated carbocycles. The first-order chi connectivity index (χ1) is 16.4. The summed E-state index contributed by atoms with van der Waals surface area (Å²) in [5.74, 6) is 1.61. The van der Waals surface area contributed by atoms with Gasteiger partial charge in [0, 0.05) is 43.9 Å². The monoisotopic (exact) mass is 483 g/mol. The van der Waals surface area contributed by atoms with Crippen molar-refractivity contribution in [2.75, 3.05) is 45.3 Å².